The van der Waals surface area contributed by atoms with Crippen LogP contribution in [-0.2, 0) is 11.3 Å². The van der Waals surface area contributed by atoms with Crippen molar-refractivity contribution in [3.63, 3.8) is 0 Å². The summed E-state index contributed by atoms with van der Waals surface area (Å²) < 4.78 is 5.11. The minimum absolute atomic E-state index is 0.194. The van der Waals surface area contributed by atoms with E-state index in [0.29, 0.717) is 17.9 Å². The Bertz CT molecular complexity index is 949. The lowest BCUT2D eigenvalue weighted by atomic mass is 10.2. The van der Waals surface area contributed by atoms with Crippen molar-refractivity contribution in [2.24, 2.45) is 0 Å². The maximum atomic E-state index is 12.7. The Morgan fingerprint density at radius 3 is 2.39 bits per heavy atom. The first-order valence-corrected chi connectivity index (χ1v) is 9.56. The molecule has 28 heavy (non-hydrogen) atoms. The van der Waals surface area contributed by atoms with E-state index in [1.807, 2.05) is 47.8 Å². The highest BCUT2D eigenvalue weighted by Gasteiger charge is 2.15. The van der Waals surface area contributed by atoms with E-state index < -0.39 is 0 Å². The Hall–Kier alpha value is -3.38. The standard InChI is InChI=1S/C22H20N2O3S/c1-27-18-11-9-17(10-12-18)21(25)24-20(14-19-8-5-13-28-19)22(26)23-15-16-6-3-2-4-7-16/h2-14H,15H2,1H3,(H,23,26)(H,24,25)/b20-14-. The Morgan fingerprint density at radius 2 is 1.75 bits per heavy atom. The maximum absolute atomic E-state index is 12.7. The normalized spacial score (nSPS) is 11.0. The summed E-state index contributed by atoms with van der Waals surface area (Å²) >= 11 is 1.49. The molecule has 0 aliphatic heterocycles. The lowest BCUT2D eigenvalue weighted by Crippen LogP contribution is -2.34. The van der Waals surface area contributed by atoms with Crippen LogP contribution in [0.25, 0.3) is 6.08 Å². The molecular formula is C22H20N2O3S. The van der Waals surface area contributed by atoms with Crippen molar-refractivity contribution in [2.45, 2.75) is 6.54 Å². The van der Waals surface area contributed by atoms with Gasteiger partial charge in [-0.05, 0) is 47.4 Å². The van der Waals surface area contributed by atoms with Gasteiger partial charge < -0.3 is 15.4 Å². The molecule has 0 fully saturated rings. The van der Waals surface area contributed by atoms with Crippen LogP contribution in [0.1, 0.15) is 20.8 Å². The van der Waals surface area contributed by atoms with Gasteiger partial charge in [0, 0.05) is 17.0 Å². The second-order valence-corrected chi connectivity index (χ2v) is 6.90. The Kier molecular flexibility index (Phi) is 6.59. The molecule has 6 heteroatoms. The van der Waals surface area contributed by atoms with Crippen molar-refractivity contribution in [1.82, 2.24) is 10.6 Å². The van der Waals surface area contributed by atoms with Gasteiger partial charge in [-0.2, -0.15) is 0 Å². The van der Waals surface area contributed by atoms with Crippen LogP contribution in [0.2, 0.25) is 0 Å². The summed E-state index contributed by atoms with van der Waals surface area (Å²) in [5.41, 5.74) is 1.61. The zero-order valence-electron chi connectivity index (χ0n) is 15.3. The molecule has 2 aromatic carbocycles. The number of carbonyl (C=O) groups is 2. The van der Waals surface area contributed by atoms with E-state index in [1.165, 1.54) is 11.3 Å². The SMILES string of the molecule is COc1ccc(C(=O)N/C(=C\c2cccs2)C(=O)NCc2ccccc2)cc1. The lowest BCUT2D eigenvalue weighted by Gasteiger charge is -2.11. The van der Waals surface area contributed by atoms with E-state index in [0.717, 1.165) is 10.4 Å². The summed E-state index contributed by atoms with van der Waals surface area (Å²) in [7, 11) is 1.56. The third kappa shape index (κ3) is 5.31. The van der Waals surface area contributed by atoms with Gasteiger partial charge in [-0.3, -0.25) is 9.59 Å². The van der Waals surface area contributed by atoms with Crippen molar-refractivity contribution < 1.29 is 14.3 Å². The molecule has 0 aliphatic carbocycles. The summed E-state index contributed by atoms with van der Waals surface area (Å²) in [6.07, 6.45) is 1.67. The number of benzene rings is 2. The Balaban J connectivity index is 1.74. The van der Waals surface area contributed by atoms with Crippen LogP contribution in [0.5, 0.6) is 5.75 Å². The molecule has 0 atom stereocenters. The van der Waals surface area contributed by atoms with Crippen molar-refractivity contribution in [3.05, 3.63) is 93.8 Å². The predicted octanol–water partition coefficient (Wildman–Crippen LogP) is 3.84. The number of thiophene rings is 1. The Morgan fingerprint density at radius 1 is 1.00 bits per heavy atom. The number of carbonyl (C=O) groups excluding carboxylic acids is 2. The Labute approximate surface area is 167 Å². The highest BCUT2D eigenvalue weighted by Crippen LogP contribution is 2.15. The lowest BCUT2D eigenvalue weighted by molar-refractivity contribution is -0.117. The predicted molar refractivity (Wildman–Crippen MR) is 111 cm³/mol. The van der Waals surface area contributed by atoms with Gasteiger partial charge in [0.25, 0.3) is 11.8 Å². The van der Waals surface area contributed by atoms with Gasteiger partial charge in [-0.25, -0.2) is 0 Å². The minimum Gasteiger partial charge on any atom is -0.497 e. The van der Waals surface area contributed by atoms with Gasteiger partial charge in [-0.15, -0.1) is 11.3 Å². The number of methoxy groups -OCH3 is 1. The number of hydrogen-bond donors (Lipinski definition) is 2. The molecule has 1 heterocycles. The van der Waals surface area contributed by atoms with E-state index in [4.69, 9.17) is 4.74 Å². The smallest absolute Gasteiger partial charge is 0.268 e. The van der Waals surface area contributed by atoms with Crippen LogP contribution in [-0.4, -0.2) is 18.9 Å². The van der Waals surface area contributed by atoms with Gasteiger partial charge in [0.2, 0.25) is 0 Å². The van der Waals surface area contributed by atoms with Crippen LogP contribution in [0.15, 0.2) is 77.8 Å². The number of nitrogens with one attached hydrogen (secondary N) is 2. The molecule has 5 nitrogen and oxygen atoms in total. The van der Waals surface area contributed by atoms with Crippen LogP contribution >= 0.6 is 11.3 Å². The molecule has 3 rings (SSSR count). The third-order valence-corrected chi connectivity index (χ3v) is 4.79. The average molecular weight is 392 g/mol. The molecule has 142 valence electrons. The average Bonchev–Trinajstić information content (AvgIpc) is 3.25. The molecule has 1 aromatic heterocycles. The van der Waals surface area contributed by atoms with Crippen LogP contribution < -0.4 is 15.4 Å². The minimum atomic E-state index is -0.361. The van der Waals surface area contributed by atoms with E-state index in [1.54, 1.807) is 37.5 Å². The van der Waals surface area contributed by atoms with Crippen LogP contribution in [0, 0.1) is 0 Å². The fraction of sp³-hybridized carbons (Fsp3) is 0.0909. The van der Waals surface area contributed by atoms with E-state index in [-0.39, 0.29) is 17.5 Å². The first kappa shape index (κ1) is 19.4. The zero-order valence-corrected chi connectivity index (χ0v) is 16.2. The molecule has 2 N–H and O–H groups in total. The first-order valence-electron chi connectivity index (χ1n) is 8.68. The van der Waals surface area contributed by atoms with E-state index in [2.05, 4.69) is 10.6 Å². The quantitative estimate of drug-likeness (QED) is 0.600. The maximum Gasteiger partial charge on any atom is 0.268 e. The second-order valence-electron chi connectivity index (χ2n) is 5.92. The summed E-state index contributed by atoms with van der Waals surface area (Å²) in [6, 6.07) is 20.1. The van der Waals surface area contributed by atoms with Crippen molar-refractivity contribution in [3.8, 4) is 5.75 Å². The largest absolute Gasteiger partial charge is 0.497 e. The molecular weight excluding hydrogens is 372 g/mol. The van der Waals surface area contributed by atoms with Crippen molar-refractivity contribution in [2.75, 3.05) is 7.11 Å². The van der Waals surface area contributed by atoms with Gasteiger partial charge in [0.1, 0.15) is 11.4 Å². The molecule has 0 radical (unpaired) electrons. The van der Waals surface area contributed by atoms with Gasteiger partial charge in [-0.1, -0.05) is 36.4 Å². The number of ether oxygens (including phenoxy) is 1. The second kappa shape index (κ2) is 9.53. The third-order valence-electron chi connectivity index (χ3n) is 3.97. The fourth-order valence-electron chi connectivity index (χ4n) is 2.48. The molecule has 0 bridgehead atoms. The van der Waals surface area contributed by atoms with Gasteiger partial charge in [0.15, 0.2) is 0 Å². The van der Waals surface area contributed by atoms with E-state index in [9.17, 15) is 9.59 Å². The highest BCUT2D eigenvalue weighted by molar-refractivity contribution is 7.10. The van der Waals surface area contributed by atoms with Gasteiger partial charge in [0.05, 0.1) is 7.11 Å². The highest BCUT2D eigenvalue weighted by atomic mass is 32.1. The van der Waals surface area contributed by atoms with Crippen molar-refractivity contribution in [1.29, 1.82) is 0 Å². The monoisotopic (exact) mass is 392 g/mol. The summed E-state index contributed by atoms with van der Waals surface area (Å²) in [5, 5.41) is 7.48. The number of rotatable bonds is 7. The van der Waals surface area contributed by atoms with Gasteiger partial charge >= 0.3 is 0 Å². The number of hydrogen-bond acceptors (Lipinski definition) is 4. The number of amides is 2. The molecule has 0 spiro atoms. The molecule has 3 aromatic rings. The topological polar surface area (TPSA) is 67.4 Å². The first-order chi connectivity index (χ1) is 13.7. The van der Waals surface area contributed by atoms with Crippen molar-refractivity contribution >= 4 is 29.2 Å². The fourth-order valence-corrected chi connectivity index (χ4v) is 3.14. The molecule has 0 unspecified atom stereocenters. The molecule has 0 saturated heterocycles. The van der Waals surface area contributed by atoms with E-state index >= 15 is 0 Å². The molecule has 0 aliphatic rings. The van der Waals surface area contributed by atoms with Crippen LogP contribution in [0.3, 0.4) is 0 Å². The molecule has 2 amide bonds. The zero-order chi connectivity index (χ0) is 19.8. The van der Waals surface area contributed by atoms with Crippen LogP contribution in [0.4, 0.5) is 0 Å². The summed E-state index contributed by atoms with van der Waals surface area (Å²) in [6.45, 7) is 0.375. The summed E-state index contributed by atoms with van der Waals surface area (Å²) in [4.78, 5) is 26.2. The molecule has 0 saturated carbocycles. The summed E-state index contributed by atoms with van der Waals surface area (Å²) in [5.74, 6) is -0.0501.